The van der Waals surface area contributed by atoms with Crippen molar-refractivity contribution in [1.29, 1.82) is 0 Å². The molecule has 0 amide bonds. The fourth-order valence-corrected chi connectivity index (χ4v) is 3.86. The lowest BCUT2D eigenvalue weighted by Gasteiger charge is -2.48. The van der Waals surface area contributed by atoms with Crippen LogP contribution < -0.4 is 0 Å². The van der Waals surface area contributed by atoms with Crippen LogP contribution in [0.4, 0.5) is 0 Å². The van der Waals surface area contributed by atoms with E-state index >= 15 is 0 Å². The molecule has 0 saturated carbocycles. The first kappa shape index (κ1) is 10.6. The molecule has 2 heterocycles. The van der Waals surface area contributed by atoms with E-state index in [2.05, 4.69) is 44.3 Å². The highest BCUT2D eigenvalue weighted by Crippen LogP contribution is 2.44. The molecule has 1 aromatic carbocycles. The van der Waals surface area contributed by atoms with Gasteiger partial charge in [0.2, 0.25) is 6.23 Å². The highest BCUT2D eigenvalue weighted by atomic mass is 32.2. The molecule has 2 saturated heterocycles. The number of fused-ring (bicyclic) bond motifs is 1. The zero-order valence-corrected chi connectivity index (χ0v) is 10.6. The van der Waals surface area contributed by atoms with E-state index in [0.717, 1.165) is 17.1 Å². The lowest BCUT2D eigenvalue weighted by molar-refractivity contribution is -0.996. The van der Waals surface area contributed by atoms with E-state index in [1.54, 1.807) is 0 Å². The zero-order valence-electron chi connectivity index (χ0n) is 9.80. The van der Waals surface area contributed by atoms with Crippen molar-refractivity contribution in [2.45, 2.75) is 35.9 Å². The van der Waals surface area contributed by atoms with E-state index in [0.29, 0.717) is 11.7 Å². The minimum absolute atomic E-state index is 0.336. The van der Waals surface area contributed by atoms with Crippen molar-refractivity contribution < 1.29 is 9.22 Å². The predicted molar refractivity (Wildman–Crippen MR) is 66.1 cm³/mol. The summed E-state index contributed by atoms with van der Waals surface area (Å²) in [5.41, 5.74) is 0.336. The van der Waals surface area contributed by atoms with Gasteiger partial charge in [0, 0.05) is 4.90 Å². The van der Waals surface area contributed by atoms with Gasteiger partial charge >= 0.3 is 0 Å². The first-order chi connectivity index (χ1) is 7.68. The van der Waals surface area contributed by atoms with Crippen LogP contribution in [0.2, 0.25) is 0 Å². The molecule has 0 spiro atoms. The average Bonchev–Trinajstić information content (AvgIpc) is 2.53. The van der Waals surface area contributed by atoms with Crippen molar-refractivity contribution in [2.24, 2.45) is 0 Å². The number of ether oxygens (including phenoxy) is 1. The van der Waals surface area contributed by atoms with Crippen LogP contribution in [-0.4, -0.2) is 35.8 Å². The number of thioether (sulfide) groups is 1. The molecule has 2 nitrogen and oxygen atoms in total. The summed E-state index contributed by atoms with van der Waals surface area (Å²) in [6.45, 7) is 3.47. The molecule has 3 rings (SSSR count). The number of hydrogen-bond acceptors (Lipinski definition) is 2. The summed E-state index contributed by atoms with van der Waals surface area (Å²) in [5, 5.41) is 0. The van der Waals surface area contributed by atoms with Crippen LogP contribution in [0.3, 0.4) is 0 Å². The van der Waals surface area contributed by atoms with Gasteiger partial charge in [0.05, 0.1) is 19.5 Å². The van der Waals surface area contributed by atoms with Crippen LogP contribution in [0.25, 0.3) is 0 Å². The van der Waals surface area contributed by atoms with Gasteiger partial charge in [-0.05, 0) is 19.1 Å². The summed E-state index contributed by atoms with van der Waals surface area (Å²) in [7, 11) is 2.32. The number of rotatable bonds is 2. The fourth-order valence-electron chi connectivity index (χ4n) is 2.67. The Morgan fingerprint density at radius 3 is 2.69 bits per heavy atom. The van der Waals surface area contributed by atoms with Crippen molar-refractivity contribution in [3.05, 3.63) is 30.3 Å². The Labute approximate surface area is 101 Å². The Balaban J connectivity index is 1.67. The van der Waals surface area contributed by atoms with Crippen molar-refractivity contribution in [2.75, 3.05) is 13.6 Å². The standard InChI is InChI=1S/C13H18NOS/c1-10-8-12-14(10,2)9-13(15-12)16-11-6-4-3-5-7-11/h3-7,10,12-13H,8-9H2,1-2H3/q+1. The monoisotopic (exact) mass is 236 g/mol. The highest BCUT2D eigenvalue weighted by Gasteiger charge is 2.57. The molecular weight excluding hydrogens is 218 g/mol. The molecule has 4 unspecified atom stereocenters. The number of likely N-dealkylation sites (N-methyl/N-ethyl adjacent to an activating group) is 1. The van der Waals surface area contributed by atoms with Gasteiger partial charge in [-0.3, -0.25) is 4.48 Å². The van der Waals surface area contributed by atoms with Crippen LogP contribution >= 0.6 is 11.8 Å². The van der Waals surface area contributed by atoms with Crippen LogP contribution in [0.1, 0.15) is 13.3 Å². The summed E-state index contributed by atoms with van der Waals surface area (Å²) in [4.78, 5) is 1.31. The van der Waals surface area contributed by atoms with Crippen molar-refractivity contribution in [3.8, 4) is 0 Å². The van der Waals surface area contributed by atoms with E-state index in [-0.39, 0.29) is 0 Å². The van der Waals surface area contributed by atoms with Crippen molar-refractivity contribution in [3.63, 3.8) is 0 Å². The maximum Gasteiger partial charge on any atom is 0.200 e. The molecule has 0 bridgehead atoms. The summed E-state index contributed by atoms with van der Waals surface area (Å²) >= 11 is 1.86. The normalized spacial score (nSPS) is 41.5. The molecule has 86 valence electrons. The Morgan fingerprint density at radius 2 is 2.06 bits per heavy atom. The summed E-state index contributed by atoms with van der Waals surface area (Å²) in [6.07, 6.45) is 1.68. The molecular formula is C13H18NOS+. The Hall–Kier alpha value is -0.510. The molecule has 4 atom stereocenters. The van der Waals surface area contributed by atoms with Crippen molar-refractivity contribution >= 4 is 11.8 Å². The molecule has 2 fully saturated rings. The van der Waals surface area contributed by atoms with Gasteiger partial charge in [-0.15, -0.1) is 0 Å². The van der Waals surface area contributed by atoms with Crippen LogP contribution in [0, 0.1) is 0 Å². The van der Waals surface area contributed by atoms with E-state index < -0.39 is 0 Å². The van der Waals surface area contributed by atoms with E-state index in [1.165, 1.54) is 11.3 Å². The quantitative estimate of drug-likeness (QED) is 0.730. The zero-order chi connectivity index (χ0) is 11.2. The Morgan fingerprint density at radius 1 is 1.31 bits per heavy atom. The topological polar surface area (TPSA) is 9.23 Å². The second kappa shape index (κ2) is 3.76. The van der Waals surface area contributed by atoms with Crippen LogP contribution in [0.15, 0.2) is 35.2 Å². The molecule has 2 aliphatic heterocycles. The lowest BCUT2D eigenvalue weighted by Crippen LogP contribution is -2.65. The van der Waals surface area contributed by atoms with Gasteiger partial charge in [0.25, 0.3) is 0 Å². The number of hydrogen-bond donors (Lipinski definition) is 0. The second-order valence-corrected chi connectivity index (χ2v) is 6.30. The predicted octanol–water partition coefficient (Wildman–Crippen LogP) is 2.70. The third-order valence-corrected chi connectivity index (χ3v) is 5.14. The largest absolute Gasteiger partial charge is 0.309 e. The highest BCUT2D eigenvalue weighted by molar-refractivity contribution is 7.99. The molecule has 1 aromatic rings. The smallest absolute Gasteiger partial charge is 0.200 e. The fraction of sp³-hybridized carbons (Fsp3) is 0.538. The molecule has 3 heteroatoms. The second-order valence-electron chi connectivity index (χ2n) is 5.07. The van der Waals surface area contributed by atoms with Gasteiger partial charge < -0.3 is 4.74 Å². The summed E-state index contributed by atoms with van der Waals surface area (Å²) < 4.78 is 7.19. The minimum atomic E-state index is 0.336. The SMILES string of the molecule is CC1CC2OC(Sc3ccccc3)C[N+]12C. The average molecular weight is 236 g/mol. The van der Waals surface area contributed by atoms with Gasteiger partial charge in [-0.2, -0.15) is 0 Å². The third kappa shape index (κ3) is 1.58. The minimum Gasteiger partial charge on any atom is -0.309 e. The number of quaternary nitrogens is 1. The van der Waals surface area contributed by atoms with Crippen molar-refractivity contribution in [1.82, 2.24) is 0 Å². The van der Waals surface area contributed by atoms with Crippen LogP contribution in [-0.2, 0) is 4.74 Å². The number of benzene rings is 1. The third-order valence-electron chi connectivity index (χ3n) is 4.07. The molecule has 2 aliphatic rings. The molecule has 16 heavy (non-hydrogen) atoms. The Kier molecular flexibility index (Phi) is 2.50. The Bertz CT molecular complexity index is 383. The van der Waals surface area contributed by atoms with E-state index in [9.17, 15) is 0 Å². The molecule has 0 N–H and O–H groups in total. The first-order valence-corrected chi connectivity index (χ1v) is 6.78. The lowest BCUT2D eigenvalue weighted by atomic mass is 10.00. The number of nitrogens with zero attached hydrogens (tertiary/aromatic N) is 1. The summed E-state index contributed by atoms with van der Waals surface area (Å²) in [5.74, 6) is 0. The van der Waals surface area contributed by atoms with Crippen LogP contribution in [0.5, 0.6) is 0 Å². The molecule has 0 aromatic heterocycles. The first-order valence-electron chi connectivity index (χ1n) is 5.90. The van der Waals surface area contributed by atoms with Gasteiger partial charge in [-0.1, -0.05) is 30.0 Å². The van der Waals surface area contributed by atoms with Gasteiger partial charge in [0.15, 0.2) is 5.44 Å². The molecule has 0 aliphatic carbocycles. The maximum atomic E-state index is 6.07. The molecule has 0 radical (unpaired) electrons. The summed E-state index contributed by atoms with van der Waals surface area (Å²) in [6, 6.07) is 11.3. The van der Waals surface area contributed by atoms with E-state index in [4.69, 9.17) is 4.74 Å². The maximum absolute atomic E-state index is 6.07. The van der Waals surface area contributed by atoms with Gasteiger partial charge in [0.1, 0.15) is 6.54 Å². The van der Waals surface area contributed by atoms with Gasteiger partial charge in [-0.25, -0.2) is 0 Å². The van der Waals surface area contributed by atoms with E-state index in [1.807, 2.05) is 11.8 Å².